The van der Waals surface area contributed by atoms with Crippen LogP contribution >= 0.6 is 0 Å². The van der Waals surface area contributed by atoms with Gasteiger partial charge in [0.15, 0.2) is 11.5 Å². The first-order valence-electron chi connectivity index (χ1n) is 7.54. The smallest absolute Gasteiger partial charge is 0.296 e. The fourth-order valence-electron chi connectivity index (χ4n) is 2.35. The van der Waals surface area contributed by atoms with E-state index in [4.69, 9.17) is 9.47 Å². The summed E-state index contributed by atoms with van der Waals surface area (Å²) in [6.07, 6.45) is 7.16. The number of nitrogens with zero attached hydrogens (tertiary/aromatic N) is 1. The summed E-state index contributed by atoms with van der Waals surface area (Å²) in [6.45, 7) is 3.04. The molecule has 116 valence electrons. The molecule has 0 saturated heterocycles. The second-order valence-corrected chi connectivity index (χ2v) is 5.17. The standard InChI is InChI=1S/C15H22N2O4/c1-2-3-4-5-6-7-8-16-12-9-14-15(21-11-20-14)10-13(12)17(18)19/h9-10,16H,2-8,11H2,1H3. The van der Waals surface area contributed by atoms with Gasteiger partial charge >= 0.3 is 0 Å². The number of ether oxygens (including phenoxy) is 2. The fourth-order valence-corrected chi connectivity index (χ4v) is 2.35. The number of unbranched alkanes of at least 4 members (excludes halogenated alkanes) is 5. The van der Waals surface area contributed by atoms with Gasteiger partial charge in [-0.1, -0.05) is 39.0 Å². The Balaban J connectivity index is 1.86. The van der Waals surface area contributed by atoms with Gasteiger partial charge in [-0.15, -0.1) is 0 Å². The predicted molar refractivity (Wildman–Crippen MR) is 81.1 cm³/mol. The second-order valence-electron chi connectivity index (χ2n) is 5.17. The molecule has 1 aliphatic rings. The van der Waals surface area contributed by atoms with Gasteiger partial charge in [0.2, 0.25) is 6.79 Å². The zero-order valence-corrected chi connectivity index (χ0v) is 12.4. The van der Waals surface area contributed by atoms with Gasteiger partial charge in [-0.05, 0) is 6.42 Å². The molecule has 0 amide bonds. The minimum atomic E-state index is -0.397. The summed E-state index contributed by atoms with van der Waals surface area (Å²) in [7, 11) is 0. The Morgan fingerprint density at radius 2 is 1.81 bits per heavy atom. The van der Waals surface area contributed by atoms with E-state index in [1.165, 1.54) is 31.7 Å². The molecule has 0 atom stereocenters. The maximum absolute atomic E-state index is 11.1. The average molecular weight is 294 g/mol. The van der Waals surface area contributed by atoms with E-state index in [9.17, 15) is 10.1 Å². The lowest BCUT2D eigenvalue weighted by Crippen LogP contribution is -2.04. The van der Waals surface area contributed by atoms with E-state index in [2.05, 4.69) is 12.2 Å². The maximum Gasteiger partial charge on any atom is 0.296 e. The number of hydrogen-bond donors (Lipinski definition) is 1. The number of nitrogens with one attached hydrogen (secondary N) is 1. The van der Waals surface area contributed by atoms with E-state index in [1.807, 2.05) is 0 Å². The molecule has 21 heavy (non-hydrogen) atoms. The third-order valence-corrected chi connectivity index (χ3v) is 3.53. The highest BCUT2D eigenvalue weighted by Gasteiger charge is 2.23. The number of nitro benzene ring substituents is 1. The minimum Gasteiger partial charge on any atom is -0.454 e. The summed E-state index contributed by atoms with van der Waals surface area (Å²) in [4.78, 5) is 10.7. The van der Waals surface area contributed by atoms with E-state index in [0.717, 1.165) is 19.4 Å². The lowest BCUT2D eigenvalue weighted by molar-refractivity contribution is -0.384. The van der Waals surface area contributed by atoms with Gasteiger partial charge in [-0.25, -0.2) is 0 Å². The Bertz CT molecular complexity index is 491. The van der Waals surface area contributed by atoms with Crippen LogP contribution in [0.4, 0.5) is 11.4 Å². The van der Waals surface area contributed by atoms with Gasteiger partial charge in [0.05, 0.1) is 11.0 Å². The van der Waals surface area contributed by atoms with Crippen molar-refractivity contribution in [2.24, 2.45) is 0 Å². The molecular weight excluding hydrogens is 272 g/mol. The molecular formula is C15H22N2O4. The zero-order valence-electron chi connectivity index (χ0n) is 12.4. The van der Waals surface area contributed by atoms with Crippen molar-refractivity contribution < 1.29 is 14.4 Å². The van der Waals surface area contributed by atoms with Crippen molar-refractivity contribution in [3.05, 3.63) is 22.2 Å². The first-order chi connectivity index (χ1) is 10.2. The lowest BCUT2D eigenvalue weighted by Gasteiger charge is -2.08. The van der Waals surface area contributed by atoms with Crippen LogP contribution < -0.4 is 14.8 Å². The van der Waals surface area contributed by atoms with E-state index < -0.39 is 4.92 Å². The van der Waals surface area contributed by atoms with Crippen LogP contribution in [0.5, 0.6) is 11.5 Å². The summed E-state index contributed by atoms with van der Waals surface area (Å²) in [6, 6.07) is 3.07. The molecule has 0 aliphatic carbocycles. The molecule has 2 rings (SSSR count). The highest BCUT2D eigenvalue weighted by Crippen LogP contribution is 2.40. The Morgan fingerprint density at radius 1 is 1.14 bits per heavy atom. The average Bonchev–Trinajstić information content (AvgIpc) is 2.92. The van der Waals surface area contributed by atoms with Crippen LogP contribution in [-0.2, 0) is 0 Å². The van der Waals surface area contributed by atoms with Crippen LogP contribution in [-0.4, -0.2) is 18.3 Å². The van der Waals surface area contributed by atoms with Crippen LogP contribution in [0, 0.1) is 10.1 Å². The molecule has 0 radical (unpaired) electrons. The Hall–Kier alpha value is -1.98. The molecule has 6 nitrogen and oxygen atoms in total. The highest BCUT2D eigenvalue weighted by atomic mass is 16.7. The number of benzene rings is 1. The molecule has 0 fully saturated rings. The quantitative estimate of drug-likeness (QED) is 0.422. The van der Waals surface area contributed by atoms with E-state index >= 15 is 0 Å². The Labute approximate surface area is 124 Å². The van der Waals surface area contributed by atoms with Gasteiger partial charge in [-0.3, -0.25) is 10.1 Å². The summed E-state index contributed by atoms with van der Waals surface area (Å²) in [5, 5.41) is 14.2. The van der Waals surface area contributed by atoms with Crippen LogP contribution in [0.15, 0.2) is 12.1 Å². The summed E-state index contributed by atoms with van der Waals surface area (Å²) in [5.41, 5.74) is 0.531. The highest BCUT2D eigenvalue weighted by molar-refractivity contribution is 5.68. The largest absolute Gasteiger partial charge is 0.454 e. The van der Waals surface area contributed by atoms with E-state index in [0.29, 0.717) is 17.2 Å². The predicted octanol–water partition coefficient (Wildman–Crippen LogP) is 4.10. The molecule has 1 heterocycles. The van der Waals surface area contributed by atoms with Crippen LogP contribution in [0.1, 0.15) is 45.4 Å². The Morgan fingerprint density at radius 3 is 2.52 bits per heavy atom. The molecule has 0 unspecified atom stereocenters. The van der Waals surface area contributed by atoms with Crippen molar-refractivity contribution in [3.8, 4) is 11.5 Å². The van der Waals surface area contributed by atoms with E-state index in [1.54, 1.807) is 6.07 Å². The van der Waals surface area contributed by atoms with Crippen molar-refractivity contribution >= 4 is 11.4 Å². The molecule has 1 aromatic rings. The van der Waals surface area contributed by atoms with Gasteiger partial charge in [0.1, 0.15) is 5.69 Å². The third-order valence-electron chi connectivity index (χ3n) is 3.53. The number of rotatable bonds is 9. The summed E-state index contributed by atoms with van der Waals surface area (Å²) < 4.78 is 10.4. The monoisotopic (exact) mass is 294 g/mol. The number of fused-ring (bicyclic) bond motifs is 1. The molecule has 1 aromatic carbocycles. The molecule has 0 aromatic heterocycles. The second kappa shape index (κ2) is 7.71. The Kier molecular flexibility index (Phi) is 5.66. The fraction of sp³-hybridized carbons (Fsp3) is 0.600. The van der Waals surface area contributed by atoms with Crippen molar-refractivity contribution in [2.45, 2.75) is 45.4 Å². The summed E-state index contributed by atoms with van der Waals surface area (Å²) >= 11 is 0. The van der Waals surface area contributed by atoms with Crippen molar-refractivity contribution in [1.29, 1.82) is 0 Å². The first-order valence-corrected chi connectivity index (χ1v) is 7.54. The van der Waals surface area contributed by atoms with Crippen LogP contribution in [0.3, 0.4) is 0 Å². The van der Waals surface area contributed by atoms with Crippen molar-refractivity contribution in [3.63, 3.8) is 0 Å². The van der Waals surface area contributed by atoms with Crippen molar-refractivity contribution in [1.82, 2.24) is 0 Å². The maximum atomic E-state index is 11.1. The third kappa shape index (κ3) is 4.24. The first kappa shape index (κ1) is 15.4. The normalized spacial score (nSPS) is 12.4. The van der Waals surface area contributed by atoms with Gasteiger partial charge < -0.3 is 14.8 Å². The summed E-state index contributed by atoms with van der Waals surface area (Å²) in [5.74, 6) is 0.998. The van der Waals surface area contributed by atoms with E-state index in [-0.39, 0.29) is 12.5 Å². The van der Waals surface area contributed by atoms with Gasteiger partial charge in [-0.2, -0.15) is 0 Å². The molecule has 1 aliphatic heterocycles. The van der Waals surface area contributed by atoms with Gasteiger partial charge in [0.25, 0.3) is 5.69 Å². The SMILES string of the molecule is CCCCCCCCNc1cc2c(cc1[N+](=O)[O-])OCO2. The lowest BCUT2D eigenvalue weighted by atomic mass is 10.1. The molecule has 0 spiro atoms. The molecule has 0 saturated carbocycles. The van der Waals surface area contributed by atoms with Crippen LogP contribution in [0.2, 0.25) is 0 Å². The molecule has 1 N–H and O–H groups in total. The van der Waals surface area contributed by atoms with Gasteiger partial charge in [0, 0.05) is 12.6 Å². The number of hydrogen-bond acceptors (Lipinski definition) is 5. The molecule has 0 bridgehead atoms. The van der Waals surface area contributed by atoms with Crippen LogP contribution in [0.25, 0.3) is 0 Å². The number of nitro groups is 1. The zero-order chi connectivity index (χ0) is 15.1. The minimum absolute atomic E-state index is 0.0326. The number of anilines is 1. The topological polar surface area (TPSA) is 73.6 Å². The van der Waals surface area contributed by atoms with Crippen molar-refractivity contribution in [2.75, 3.05) is 18.7 Å². The molecule has 6 heteroatoms.